The molecule has 1 atom stereocenters. The van der Waals surface area contributed by atoms with Gasteiger partial charge in [0.1, 0.15) is 5.75 Å². The van der Waals surface area contributed by atoms with E-state index in [1.165, 1.54) is 0 Å². The number of halogens is 1. The molecule has 8 heteroatoms. The van der Waals surface area contributed by atoms with E-state index in [2.05, 4.69) is 15.9 Å². The maximum Gasteiger partial charge on any atom is 0.316 e. The second kappa shape index (κ2) is 9.02. The van der Waals surface area contributed by atoms with Crippen molar-refractivity contribution in [1.29, 1.82) is 0 Å². The molecule has 182 valence electrons. The van der Waals surface area contributed by atoms with E-state index in [0.717, 1.165) is 21.7 Å². The fourth-order valence-electron chi connectivity index (χ4n) is 4.70. The number of imide groups is 1. The summed E-state index contributed by atoms with van der Waals surface area (Å²) in [6.45, 7) is 5.94. The van der Waals surface area contributed by atoms with Crippen molar-refractivity contribution in [3.8, 4) is 5.75 Å². The predicted molar refractivity (Wildman–Crippen MR) is 138 cm³/mol. The Morgan fingerprint density at radius 1 is 0.889 bits per heavy atom. The van der Waals surface area contributed by atoms with E-state index in [4.69, 9.17) is 4.74 Å². The van der Waals surface area contributed by atoms with Gasteiger partial charge in [-0.25, -0.2) is 4.90 Å². The molecule has 3 amide bonds. The molecule has 36 heavy (non-hydrogen) atoms. The zero-order valence-electron chi connectivity index (χ0n) is 20.0. The Bertz CT molecular complexity index is 1460. The summed E-state index contributed by atoms with van der Waals surface area (Å²) in [6, 6.07) is 15.5. The van der Waals surface area contributed by atoms with Gasteiger partial charge in [-0.05, 0) is 79.9 Å². The number of hydrogen-bond acceptors (Lipinski definition) is 5. The van der Waals surface area contributed by atoms with E-state index < -0.39 is 23.7 Å². The minimum absolute atomic E-state index is 0.0773. The van der Waals surface area contributed by atoms with Gasteiger partial charge < -0.3 is 9.64 Å². The highest BCUT2D eigenvalue weighted by molar-refractivity contribution is 9.10. The van der Waals surface area contributed by atoms with Crippen molar-refractivity contribution in [3.63, 3.8) is 0 Å². The fourth-order valence-corrected chi connectivity index (χ4v) is 5.06. The predicted octanol–water partition coefficient (Wildman–Crippen LogP) is 5.13. The summed E-state index contributed by atoms with van der Waals surface area (Å²) in [7, 11) is 0. The van der Waals surface area contributed by atoms with Crippen LogP contribution in [0.4, 0.5) is 11.4 Å². The third-order valence-electron chi connectivity index (χ3n) is 6.80. The Balaban J connectivity index is 1.32. The molecule has 0 spiro atoms. The topological polar surface area (TPSA) is 84.0 Å². The number of carbonyl (C=O) groups excluding carboxylic acids is 4. The summed E-state index contributed by atoms with van der Waals surface area (Å²) in [6.07, 6.45) is 0.0773. The molecule has 5 rings (SSSR count). The quantitative estimate of drug-likeness (QED) is 0.257. The molecule has 3 aromatic carbocycles. The van der Waals surface area contributed by atoms with Crippen LogP contribution in [0.2, 0.25) is 0 Å². The average molecular weight is 547 g/mol. The molecule has 2 aliphatic rings. The molecule has 0 bridgehead atoms. The lowest BCUT2D eigenvalue weighted by atomic mass is 10.1. The van der Waals surface area contributed by atoms with Crippen LogP contribution in [0.25, 0.3) is 0 Å². The Hall–Kier alpha value is -3.78. The van der Waals surface area contributed by atoms with Crippen LogP contribution < -0.4 is 14.5 Å². The molecule has 0 aromatic heterocycles. The minimum atomic E-state index is -0.591. The van der Waals surface area contributed by atoms with E-state index in [-0.39, 0.29) is 18.9 Å². The van der Waals surface area contributed by atoms with Crippen LogP contribution in [0.1, 0.15) is 43.8 Å². The van der Waals surface area contributed by atoms with Gasteiger partial charge in [0.25, 0.3) is 11.8 Å². The van der Waals surface area contributed by atoms with Gasteiger partial charge in [-0.2, -0.15) is 0 Å². The van der Waals surface area contributed by atoms with Crippen molar-refractivity contribution in [2.45, 2.75) is 27.2 Å². The third kappa shape index (κ3) is 4.01. The van der Waals surface area contributed by atoms with Gasteiger partial charge in [0.05, 0.1) is 22.7 Å². The molecule has 0 N–H and O–H groups in total. The molecule has 1 fully saturated rings. The lowest BCUT2D eigenvalue weighted by Gasteiger charge is -2.20. The van der Waals surface area contributed by atoms with Gasteiger partial charge in [-0.1, -0.05) is 28.1 Å². The summed E-state index contributed by atoms with van der Waals surface area (Å²) in [5, 5.41) is 0. The molecule has 3 aromatic rings. The van der Waals surface area contributed by atoms with Crippen molar-refractivity contribution >= 4 is 51.0 Å². The number of nitrogens with zero attached hydrogens (tertiary/aromatic N) is 2. The van der Waals surface area contributed by atoms with Gasteiger partial charge in [0.15, 0.2) is 0 Å². The Morgan fingerprint density at radius 3 is 2.39 bits per heavy atom. The number of hydrogen-bond donors (Lipinski definition) is 0. The largest absolute Gasteiger partial charge is 0.426 e. The van der Waals surface area contributed by atoms with E-state index >= 15 is 0 Å². The lowest BCUT2D eigenvalue weighted by molar-refractivity contribution is -0.139. The molecule has 1 saturated heterocycles. The van der Waals surface area contributed by atoms with Crippen LogP contribution >= 0.6 is 15.9 Å². The van der Waals surface area contributed by atoms with Gasteiger partial charge in [-0.3, -0.25) is 19.2 Å². The van der Waals surface area contributed by atoms with Crippen molar-refractivity contribution in [3.05, 3.63) is 86.9 Å². The average Bonchev–Trinajstić information content (AvgIpc) is 3.33. The van der Waals surface area contributed by atoms with Crippen molar-refractivity contribution in [2.24, 2.45) is 5.92 Å². The molecule has 0 aliphatic carbocycles. The number of ether oxygens (including phenoxy) is 1. The molecule has 0 radical (unpaired) electrons. The summed E-state index contributed by atoms with van der Waals surface area (Å²) >= 11 is 3.34. The molecular formula is C28H23BrN2O5. The number of benzene rings is 3. The molecule has 2 aliphatic heterocycles. The van der Waals surface area contributed by atoms with Crippen LogP contribution in [-0.2, 0) is 9.59 Å². The van der Waals surface area contributed by atoms with Crippen molar-refractivity contribution in [2.75, 3.05) is 16.3 Å². The van der Waals surface area contributed by atoms with Crippen molar-refractivity contribution in [1.82, 2.24) is 0 Å². The fraction of sp³-hybridized carbons (Fsp3) is 0.214. The molecule has 0 saturated carbocycles. The first kappa shape index (κ1) is 23.9. The number of fused-ring (bicyclic) bond motifs is 1. The number of esters is 1. The smallest absolute Gasteiger partial charge is 0.316 e. The second-order valence-corrected chi connectivity index (χ2v) is 10.0. The Kier molecular flexibility index (Phi) is 6.00. The van der Waals surface area contributed by atoms with Gasteiger partial charge >= 0.3 is 5.97 Å². The van der Waals surface area contributed by atoms with Gasteiger partial charge in [0.2, 0.25) is 5.91 Å². The summed E-state index contributed by atoms with van der Waals surface area (Å²) in [5.74, 6) is -1.71. The van der Waals surface area contributed by atoms with Crippen molar-refractivity contribution < 1.29 is 23.9 Å². The van der Waals surface area contributed by atoms with Crippen LogP contribution in [0.3, 0.4) is 0 Å². The first-order chi connectivity index (χ1) is 17.2. The highest BCUT2D eigenvalue weighted by atomic mass is 79.9. The second-order valence-electron chi connectivity index (χ2n) is 9.13. The van der Waals surface area contributed by atoms with E-state index in [0.29, 0.717) is 32.6 Å². The normalized spacial score (nSPS) is 17.1. The zero-order chi connectivity index (χ0) is 25.7. The number of amides is 3. The monoisotopic (exact) mass is 546 g/mol. The highest BCUT2D eigenvalue weighted by Gasteiger charge is 2.39. The maximum atomic E-state index is 12.9. The maximum absolute atomic E-state index is 12.9. The van der Waals surface area contributed by atoms with Crippen LogP contribution in [0.15, 0.2) is 59.1 Å². The third-order valence-corrected chi connectivity index (χ3v) is 7.29. The number of anilines is 2. The van der Waals surface area contributed by atoms with Crippen LogP contribution in [0, 0.1) is 26.7 Å². The van der Waals surface area contributed by atoms with Crippen LogP contribution in [-0.4, -0.2) is 30.2 Å². The Morgan fingerprint density at radius 2 is 1.64 bits per heavy atom. The first-order valence-electron chi connectivity index (χ1n) is 11.5. The molecular weight excluding hydrogens is 524 g/mol. The standard InChI is InChI=1S/C28H23BrN2O5/c1-15-5-4-6-24(17(15)3)30-14-18(12-25(30)32)28(35)36-20-8-10-23(16(2)11-20)31-26(33)21-9-7-19(29)13-22(21)27(31)34/h4-11,13,18H,12,14H2,1-3H3/t18-/m0/s1. The summed E-state index contributed by atoms with van der Waals surface area (Å²) < 4.78 is 6.31. The number of rotatable bonds is 4. The molecule has 0 unspecified atom stereocenters. The minimum Gasteiger partial charge on any atom is -0.426 e. The van der Waals surface area contributed by atoms with Gasteiger partial charge in [-0.15, -0.1) is 0 Å². The molecule has 7 nitrogen and oxygen atoms in total. The van der Waals surface area contributed by atoms with Gasteiger partial charge in [0, 0.05) is 23.1 Å². The number of carbonyl (C=O) groups is 4. The Labute approximate surface area is 216 Å². The summed E-state index contributed by atoms with van der Waals surface area (Å²) in [4.78, 5) is 54.2. The number of aryl methyl sites for hydroxylation is 2. The van der Waals surface area contributed by atoms with E-state index in [9.17, 15) is 19.2 Å². The van der Waals surface area contributed by atoms with Crippen LogP contribution in [0.5, 0.6) is 5.75 Å². The van der Waals surface area contributed by atoms with E-state index in [1.807, 2.05) is 32.0 Å². The van der Waals surface area contributed by atoms with E-state index in [1.54, 1.807) is 48.2 Å². The SMILES string of the molecule is Cc1cc(OC(=O)[C@H]2CC(=O)N(c3cccc(C)c3C)C2)ccc1N1C(=O)c2ccc(Br)cc2C1=O. The lowest BCUT2D eigenvalue weighted by Crippen LogP contribution is -2.30. The highest BCUT2D eigenvalue weighted by Crippen LogP contribution is 2.34. The summed E-state index contributed by atoms with van der Waals surface area (Å²) in [5.41, 5.74) is 4.60. The zero-order valence-corrected chi connectivity index (χ0v) is 21.6. The first-order valence-corrected chi connectivity index (χ1v) is 12.3. The molecule has 2 heterocycles.